The fourth-order valence-electron chi connectivity index (χ4n) is 2.77. The first-order chi connectivity index (χ1) is 9.56. The first-order valence-electron chi connectivity index (χ1n) is 6.71. The van der Waals surface area contributed by atoms with Crippen molar-refractivity contribution in [3.63, 3.8) is 0 Å². The van der Waals surface area contributed by atoms with Crippen LogP contribution in [-0.2, 0) is 0 Å². The van der Waals surface area contributed by atoms with E-state index in [1.54, 1.807) is 4.90 Å². The summed E-state index contributed by atoms with van der Waals surface area (Å²) in [6.07, 6.45) is 4.00. The molecule has 1 fully saturated rings. The van der Waals surface area contributed by atoms with Crippen LogP contribution < -0.4 is 10.6 Å². The maximum atomic E-state index is 14.2. The molecule has 110 valence electrons. The van der Waals surface area contributed by atoms with E-state index >= 15 is 0 Å². The molecule has 2 rings (SSSR count). The van der Waals surface area contributed by atoms with Gasteiger partial charge in [-0.15, -0.1) is 0 Å². The Hall–Kier alpha value is -1.27. The highest BCUT2D eigenvalue weighted by atomic mass is 32.1. The number of aliphatic hydroxyl groups is 1. The molecule has 0 aromatic heterocycles. The molecule has 20 heavy (non-hydrogen) atoms. The summed E-state index contributed by atoms with van der Waals surface area (Å²) in [6.45, 7) is 0.183. The lowest BCUT2D eigenvalue weighted by atomic mass is 10.1. The number of aliphatic hydroxyl groups excluding tert-OH is 1. The predicted octanol–water partition coefficient (Wildman–Crippen LogP) is 2.34. The van der Waals surface area contributed by atoms with Crippen LogP contribution in [0.25, 0.3) is 0 Å². The topological polar surface area (TPSA) is 49.5 Å². The van der Waals surface area contributed by atoms with Gasteiger partial charge in [-0.2, -0.15) is 0 Å². The van der Waals surface area contributed by atoms with Crippen molar-refractivity contribution in [3.05, 3.63) is 29.3 Å². The van der Waals surface area contributed by atoms with Crippen molar-refractivity contribution in [3.8, 4) is 0 Å². The molecule has 0 unspecified atom stereocenters. The second kappa shape index (κ2) is 6.45. The zero-order valence-corrected chi connectivity index (χ0v) is 11.9. The van der Waals surface area contributed by atoms with Crippen LogP contribution in [0.4, 0.5) is 14.5 Å². The second-order valence-electron chi connectivity index (χ2n) is 4.98. The molecule has 0 saturated heterocycles. The van der Waals surface area contributed by atoms with E-state index in [0.29, 0.717) is 0 Å². The summed E-state index contributed by atoms with van der Waals surface area (Å²) in [7, 11) is 0. The molecule has 0 heterocycles. The highest BCUT2D eigenvalue weighted by Crippen LogP contribution is 2.31. The summed E-state index contributed by atoms with van der Waals surface area (Å²) in [6, 6.07) is 3.03. The van der Waals surface area contributed by atoms with Crippen molar-refractivity contribution in [1.82, 2.24) is 0 Å². The number of hydrogen-bond donors (Lipinski definition) is 2. The molecule has 1 aromatic carbocycles. The molecular formula is C14H18F2N2OS. The molecule has 6 heteroatoms. The molecule has 0 radical (unpaired) electrons. The molecule has 3 nitrogen and oxygen atoms in total. The van der Waals surface area contributed by atoms with Crippen molar-refractivity contribution in [2.45, 2.75) is 31.7 Å². The van der Waals surface area contributed by atoms with E-state index in [0.717, 1.165) is 25.7 Å². The van der Waals surface area contributed by atoms with Gasteiger partial charge in [0, 0.05) is 18.2 Å². The van der Waals surface area contributed by atoms with Crippen molar-refractivity contribution >= 4 is 22.9 Å². The van der Waals surface area contributed by atoms with Crippen molar-refractivity contribution in [2.24, 2.45) is 5.73 Å². The van der Waals surface area contributed by atoms with Crippen LogP contribution in [0.2, 0.25) is 0 Å². The Bertz CT molecular complexity index is 504. The standard InChI is InChI=1S/C14H18F2N2OS/c15-12-10(14(17)20)5-6-11(13(12)16)18(7-8-19)9-3-1-2-4-9/h5-6,9,19H,1-4,7-8H2,(H2,17,20). The van der Waals surface area contributed by atoms with Crippen LogP contribution in [0.5, 0.6) is 0 Å². The van der Waals surface area contributed by atoms with Gasteiger partial charge < -0.3 is 15.7 Å². The zero-order chi connectivity index (χ0) is 14.7. The van der Waals surface area contributed by atoms with E-state index in [2.05, 4.69) is 0 Å². The lowest BCUT2D eigenvalue weighted by Gasteiger charge is -2.31. The van der Waals surface area contributed by atoms with Crippen LogP contribution in [0.3, 0.4) is 0 Å². The van der Waals surface area contributed by atoms with E-state index in [1.807, 2.05) is 0 Å². The Labute approximate surface area is 122 Å². The number of nitrogens with zero attached hydrogens (tertiary/aromatic N) is 1. The summed E-state index contributed by atoms with van der Waals surface area (Å²) in [5, 5.41) is 9.16. The normalized spacial score (nSPS) is 15.6. The SMILES string of the molecule is NC(=S)c1ccc(N(CCO)C2CCCC2)c(F)c1F. The minimum absolute atomic E-state index is 0.0865. The largest absolute Gasteiger partial charge is 0.395 e. The van der Waals surface area contributed by atoms with Crippen molar-refractivity contribution < 1.29 is 13.9 Å². The van der Waals surface area contributed by atoms with E-state index in [9.17, 15) is 8.78 Å². The second-order valence-corrected chi connectivity index (χ2v) is 5.42. The third kappa shape index (κ3) is 2.91. The van der Waals surface area contributed by atoms with Gasteiger partial charge in [0.25, 0.3) is 0 Å². The zero-order valence-electron chi connectivity index (χ0n) is 11.1. The maximum absolute atomic E-state index is 14.2. The number of thiocarbonyl (C=S) groups is 1. The van der Waals surface area contributed by atoms with Crippen LogP contribution in [-0.4, -0.2) is 29.3 Å². The average Bonchev–Trinajstić information content (AvgIpc) is 2.93. The third-order valence-corrected chi connectivity index (χ3v) is 3.96. The predicted molar refractivity (Wildman–Crippen MR) is 78.9 cm³/mol. The lowest BCUT2D eigenvalue weighted by Crippen LogP contribution is -2.36. The smallest absolute Gasteiger partial charge is 0.182 e. The molecule has 1 saturated carbocycles. The Morgan fingerprint density at radius 1 is 1.30 bits per heavy atom. The highest BCUT2D eigenvalue weighted by molar-refractivity contribution is 7.80. The molecular weight excluding hydrogens is 282 g/mol. The minimum atomic E-state index is -1.02. The van der Waals surface area contributed by atoms with Gasteiger partial charge in [0.1, 0.15) is 4.99 Å². The van der Waals surface area contributed by atoms with Crippen LogP contribution >= 0.6 is 12.2 Å². The summed E-state index contributed by atoms with van der Waals surface area (Å²) >= 11 is 4.69. The quantitative estimate of drug-likeness (QED) is 0.820. The van der Waals surface area contributed by atoms with E-state index in [4.69, 9.17) is 23.1 Å². The van der Waals surface area contributed by atoms with Gasteiger partial charge in [-0.1, -0.05) is 25.1 Å². The number of halogens is 2. The van der Waals surface area contributed by atoms with Gasteiger partial charge in [0.2, 0.25) is 0 Å². The molecule has 3 N–H and O–H groups in total. The molecule has 0 amide bonds. The molecule has 0 aliphatic heterocycles. The minimum Gasteiger partial charge on any atom is -0.395 e. The van der Waals surface area contributed by atoms with Crippen LogP contribution in [0.1, 0.15) is 31.2 Å². The summed E-state index contributed by atoms with van der Waals surface area (Å²) < 4.78 is 28.2. The molecule has 0 spiro atoms. The Balaban J connectivity index is 2.38. The molecule has 0 atom stereocenters. The van der Waals surface area contributed by atoms with Crippen LogP contribution in [0.15, 0.2) is 12.1 Å². The Morgan fingerprint density at radius 3 is 2.50 bits per heavy atom. The summed E-state index contributed by atoms with van der Waals surface area (Å²) in [5.74, 6) is -1.97. The number of nitrogens with two attached hydrogens (primary N) is 1. The molecule has 0 bridgehead atoms. The van der Waals surface area contributed by atoms with Gasteiger partial charge in [-0.05, 0) is 25.0 Å². The first-order valence-corrected chi connectivity index (χ1v) is 7.12. The van der Waals surface area contributed by atoms with Gasteiger partial charge >= 0.3 is 0 Å². The fraction of sp³-hybridized carbons (Fsp3) is 0.500. The van der Waals surface area contributed by atoms with Gasteiger partial charge in [-0.25, -0.2) is 8.78 Å². The van der Waals surface area contributed by atoms with Crippen molar-refractivity contribution in [1.29, 1.82) is 0 Å². The van der Waals surface area contributed by atoms with Gasteiger partial charge in [0.05, 0.1) is 12.3 Å². The molecule has 1 aromatic rings. The summed E-state index contributed by atoms with van der Waals surface area (Å²) in [5.41, 5.74) is 5.45. The molecule has 1 aliphatic rings. The number of hydrogen-bond acceptors (Lipinski definition) is 3. The molecule has 1 aliphatic carbocycles. The average molecular weight is 300 g/mol. The highest BCUT2D eigenvalue weighted by Gasteiger charge is 2.26. The fourth-order valence-corrected chi connectivity index (χ4v) is 2.93. The Kier molecular flexibility index (Phi) is 4.88. The van der Waals surface area contributed by atoms with Crippen molar-refractivity contribution in [2.75, 3.05) is 18.1 Å². The van der Waals surface area contributed by atoms with E-state index in [1.165, 1.54) is 12.1 Å². The first kappa shape index (κ1) is 15.1. The number of benzene rings is 1. The lowest BCUT2D eigenvalue weighted by molar-refractivity contribution is 0.296. The van der Waals surface area contributed by atoms with Gasteiger partial charge in [-0.3, -0.25) is 0 Å². The maximum Gasteiger partial charge on any atom is 0.182 e. The monoisotopic (exact) mass is 300 g/mol. The van der Waals surface area contributed by atoms with E-state index < -0.39 is 11.6 Å². The van der Waals surface area contributed by atoms with Gasteiger partial charge in [0.15, 0.2) is 11.6 Å². The van der Waals surface area contributed by atoms with E-state index in [-0.39, 0.29) is 35.4 Å². The summed E-state index contributed by atoms with van der Waals surface area (Å²) in [4.78, 5) is 1.58. The Morgan fingerprint density at radius 2 is 1.95 bits per heavy atom. The number of anilines is 1. The number of rotatable bonds is 5. The van der Waals surface area contributed by atoms with Crippen LogP contribution in [0, 0.1) is 11.6 Å². The third-order valence-electron chi connectivity index (χ3n) is 3.74.